The normalized spacial score (nSPS) is 15.7. The van der Waals surface area contributed by atoms with Gasteiger partial charge in [-0.3, -0.25) is 15.0 Å². The van der Waals surface area contributed by atoms with Crippen molar-refractivity contribution in [3.8, 4) is 0 Å². The molecule has 1 aliphatic heterocycles. The summed E-state index contributed by atoms with van der Waals surface area (Å²) < 4.78 is 0.928. The number of urea groups is 1. The number of hydrogen-bond acceptors (Lipinski definition) is 4. The molecule has 0 atom stereocenters. The number of nitrogens with one attached hydrogen (secondary N) is 1. The Kier molecular flexibility index (Phi) is 2.90. The first-order chi connectivity index (χ1) is 9.15. The summed E-state index contributed by atoms with van der Waals surface area (Å²) in [4.78, 5) is 24.4. The van der Waals surface area contributed by atoms with Crippen LogP contribution >= 0.6 is 15.9 Å². The number of halogens is 1. The summed E-state index contributed by atoms with van der Waals surface area (Å²) in [6.07, 6.45) is 1.90. The molecule has 0 saturated carbocycles. The van der Waals surface area contributed by atoms with Crippen molar-refractivity contribution in [3.63, 3.8) is 0 Å². The van der Waals surface area contributed by atoms with Gasteiger partial charge in [0.05, 0.1) is 6.20 Å². The summed E-state index contributed by atoms with van der Waals surface area (Å²) in [6, 6.07) is 5.19. The molecule has 1 saturated heterocycles. The second kappa shape index (κ2) is 4.58. The van der Waals surface area contributed by atoms with Gasteiger partial charge in [-0.05, 0) is 18.2 Å². The van der Waals surface area contributed by atoms with E-state index in [1.54, 1.807) is 6.20 Å². The molecular weight excluding hydrogens is 312 g/mol. The summed E-state index contributed by atoms with van der Waals surface area (Å²) in [7, 11) is 0. The van der Waals surface area contributed by atoms with Gasteiger partial charge in [0, 0.05) is 28.2 Å². The van der Waals surface area contributed by atoms with E-state index in [2.05, 4.69) is 31.4 Å². The molecule has 19 heavy (non-hydrogen) atoms. The van der Waals surface area contributed by atoms with Gasteiger partial charge in [-0.15, -0.1) is 5.10 Å². The monoisotopic (exact) mass is 320 g/mol. The molecule has 0 radical (unpaired) electrons. The molecule has 7 heteroatoms. The average Bonchev–Trinajstić information content (AvgIpc) is 2.38. The molecule has 0 spiro atoms. The van der Waals surface area contributed by atoms with Gasteiger partial charge in [0.1, 0.15) is 0 Å². The fourth-order valence-corrected chi connectivity index (χ4v) is 2.39. The number of benzene rings is 1. The molecule has 1 aliphatic rings. The molecule has 0 aliphatic carbocycles. The van der Waals surface area contributed by atoms with E-state index in [9.17, 15) is 9.59 Å². The van der Waals surface area contributed by atoms with E-state index in [4.69, 9.17) is 0 Å². The van der Waals surface area contributed by atoms with Crippen molar-refractivity contribution >= 4 is 44.5 Å². The summed E-state index contributed by atoms with van der Waals surface area (Å²) in [5, 5.41) is 11.9. The Morgan fingerprint density at radius 1 is 1.32 bits per heavy atom. The van der Waals surface area contributed by atoms with E-state index >= 15 is 0 Å². The molecule has 3 amide bonds. The van der Waals surface area contributed by atoms with Crippen LogP contribution in [0.15, 0.2) is 28.9 Å². The highest BCUT2D eigenvalue weighted by Crippen LogP contribution is 2.27. The van der Waals surface area contributed by atoms with Crippen LogP contribution in [-0.4, -0.2) is 28.7 Å². The Morgan fingerprint density at radius 3 is 2.95 bits per heavy atom. The second-order valence-corrected chi connectivity index (χ2v) is 5.07. The van der Waals surface area contributed by atoms with Gasteiger partial charge in [0.15, 0.2) is 5.82 Å². The van der Waals surface area contributed by atoms with Gasteiger partial charge >= 0.3 is 6.03 Å². The number of nitrogens with zero attached hydrogens (tertiary/aromatic N) is 3. The lowest BCUT2D eigenvalue weighted by Crippen LogP contribution is -2.50. The first kappa shape index (κ1) is 12.0. The van der Waals surface area contributed by atoms with Crippen molar-refractivity contribution in [2.75, 3.05) is 11.4 Å². The van der Waals surface area contributed by atoms with Crippen molar-refractivity contribution in [3.05, 3.63) is 28.9 Å². The maximum Gasteiger partial charge on any atom is 0.329 e. The number of aromatic nitrogens is 2. The third kappa shape index (κ3) is 2.17. The van der Waals surface area contributed by atoms with Crippen molar-refractivity contribution in [2.24, 2.45) is 0 Å². The lowest BCUT2D eigenvalue weighted by Gasteiger charge is -2.25. The number of carbonyl (C=O) groups is 2. The Morgan fingerprint density at radius 2 is 2.16 bits per heavy atom. The van der Waals surface area contributed by atoms with E-state index in [1.165, 1.54) is 4.90 Å². The Hall–Kier alpha value is -2.02. The highest BCUT2D eigenvalue weighted by Gasteiger charge is 2.26. The minimum atomic E-state index is -0.457. The summed E-state index contributed by atoms with van der Waals surface area (Å²) in [5.74, 6) is 0.201. The van der Waals surface area contributed by atoms with Crippen molar-refractivity contribution in [1.29, 1.82) is 0 Å². The molecule has 96 valence electrons. The van der Waals surface area contributed by atoms with Crippen LogP contribution < -0.4 is 10.2 Å². The number of fused-ring (bicyclic) bond motifs is 1. The zero-order chi connectivity index (χ0) is 13.4. The summed E-state index contributed by atoms with van der Waals surface area (Å²) >= 11 is 3.39. The third-order valence-corrected chi connectivity index (χ3v) is 3.41. The van der Waals surface area contributed by atoms with E-state index < -0.39 is 6.03 Å². The largest absolute Gasteiger partial charge is 0.329 e. The minimum Gasteiger partial charge on any atom is -0.278 e. The van der Waals surface area contributed by atoms with E-state index in [0.717, 1.165) is 15.2 Å². The van der Waals surface area contributed by atoms with Crippen LogP contribution in [0, 0.1) is 0 Å². The van der Waals surface area contributed by atoms with Crippen LogP contribution in [0.2, 0.25) is 0 Å². The molecule has 1 fully saturated rings. The fourth-order valence-electron chi connectivity index (χ4n) is 2.01. The van der Waals surface area contributed by atoms with E-state index in [1.807, 2.05) is 18.2 Å². The Bertz CT molecular complexity index is 688. The Labute approximate surface area is 116 Å². The molecule has 0 bridgehead atoms. The van der Waals surface area contributed by atoms with Crippen LogP contribution in [0.4, 0.5) is 10.6 Å². The maximum absolute atomic E-state index is 11.8. The van der Waals surface area contributed by atoms with E-state index in [0.29, 0.717) is 12.4 Å². The minimum absolute atomic E-state index is 0.264. The Balaban J connectivity index is 2.10. The predicted molar refractivity (Wildman–Crippen MR) is 72.7 cm³/mol. The molecular formula is C12H9BrN4O2. The molecule has 3 rings (SSSR count). The van der Waals surface area contributed by atoms with Gasteiger partial charge < -0.3 is 0 Å². The van der Waals surface area contributed by atoms with Crippen molar-refractivity contribution < 1.29 is 9.59 Å². The SMILES string of the molecule is O=C1CCN(c2nncc3cc(Br)ccc23)C(=O)N1. The lowest BCUT2D eigenvalue weighted by atomic mass is 10.2. The number of amides is 3. The number of anilines is 1. The first-order valence-corrected chi connectivity index (χ1v) is 6.47. The van der Waals surface area contributed by atoms with E-state index in [-0.39, 0.29) is 12.3 Å². The van der Waals surface area contributed by atoms with Crippen molar-refractivity contribution in [1.82, 2.24) is 15.5 Å². The number of hydrogen-bond donors (Lipinski definition) is 1. The summed E-state index contributed by atoms with van der Waals surface area (Å²) in [5.41, 5.74) is 0. The quantitative estimate of drug-likeness (QED) is 0.870. The topological polar surface area (TPSA) is 75.2 Å². The highest BCUT2D eigenvalue weighted by molar-refractivity contribution is 9.10. The van der Waals surface area contributed by atoms with Crippen LogP contribution in [0.5, 0.6) is 0 Å². The van der Waals surface area contributed by atoms with Crippen LogP contribution in [0.25, 0.3) is 10.8 Å². The zero-order valence-corrected chi connectivity index (χ0v) is 11.3. The number of rotatable bonds is 1. The van der Waals surface area contributed by atoms with Crippen LogP contribution in [-0.2, 0) is 4.79 Å². The van der Waals surface area contributed by atoms with Crippen LogP contribution in [0.3, 0.4) is 0 Å². The van der Waals surface area contributed by atoms with Gasteiger partial charge in [0.25, 0.3) is 0 Å². The van der Waals surface area contributed by atoms with Gasteiger partial charge in [0.2, 0.25) is 5.91 Å². The molecule has 1 N–H and O–H groups in total. The third-order valence-electron chi connectivity index (χ3n) is 2.91. The number of carbonyl (C=O) groups excluding carboxylic acids is 2. The highest BCUT2D eigenvalue weighted by atomic mass is 79.9. The summed E-state index contributed by atoms with van der Waals surface area (Å²) in [6.45, 7) is 0.314. The van der Waals surface area contributed by atoms with Gasteiger partial charge in [-0.1, -0.05) is 15.9 Å². The average molecular weight is 321 g/mol. The first-order valence-electron chi connectivity index (χ1n) is 5.67. The van der Waals surface area contributed by atoms with Crippen molar-refractivity contribution in [2.45, 2.75) is 6.42 Å². The molecule has 0 unspecified atom stereocenters. The smallest absolute Gasteiger partial charge is 0.278 e. The molecule has 1 aromatic carbocycles. The zero-order valence-electron chi connectivity index (χ0n) is 9.76. The lowest BCUT2D eigenvalue weighted by molar-refractivity contribution is -0.120. The second-order valence-electron chi connectivity index (χ2n) is 4.15. The maximum atomic E-state index is 11.8. The molecule has 2 heterocycles. The van der Waals surface area contributed by atoms with Crippen LogP contribution in [0.1, 0.15) is 6.42 Å². The van der Waals surface area contributed by atoms with Gasteiger partial charge in [-0.25, -0.2) is 4.79 Å². The standard InChI is InChI=1S/C12H9BrN4O2/c13-8-1-2-9-7(5-8)6-14-16-11(9)17-4-3-10(18)15-12(17)19/h1-2,5-6H,3-4H2,(H,15,18,19). The molecule has 6 nitrogen and oxygen atoms in total. The predicted octanol–water partition coefficient (Wildman–Crippen LogP) is 1.84. The fraction of sp³-hybridized carbons (Fsp3) is 0.167. The van der Waals surface area contributed by atoms with Gasteiger partial charge in [-0.2, -0.15) is 5.10 Å². The molecule has 1 aromatic heterocycles. The number of imide groups is 1. The molecule has 2 aromatic rings.